The maximum Gasteiger partial charge on any atom is 0.323 e. The van der Waals surface area contributed by atoms with Gasteiger partial charge in [0.1, 0.15) is 11.6 Å². The minimum atomic E-state index is -0.403. The fourth-order valence-electron chi connectivity index (χ4n) is 1.24. The zero-order valence-electron chi connectivity index (χ0n) is 10.2. The zero-order valence-corrected chi connectivity index (χ0v) is 10.2. The molecular weight excluding hydrogens is 178 g/mol. The Morgan fingerprint density at radius 3 is 2.21 bits per heavy atom. The van der Waals surface area contributed by atoms with Crippen molar-refractivity contribution in [3.63, 3.8) is 0 Å². The molecule has 0 bridgehead atoms. The minimum Gasteiger partial charge on any atom is -0.459 e. The molecule has 0 saturated heterocycles. The summed E-state index contributed by atoms with van der Waals surface area (Å²) in [6, 6.07) is -0.195. The van der Waals surface area contributed by atoms with E-state index in [2.05, 4.69) is 12.2 Å². The highest BCUT2D eigenvalue weighted by Crippen LogP contribution is 2.14. The second-order valence-corrected chi connectivity index (χ2v) is 4.69. The van der Waals surface area contributed by atoms with Gasteiger partial charge in [-0.15, -0.1) is 0 Å². The van der Waals surface area contributed by atoms with Crippen molar-refractivity contribution in [1.29, 1.82) is 0 Å². The molecule has 0 aliphatic rings. The fourth-order valence-corrected chi connectivity index (χ4v) is 1.24. The van der Waals surface area contributed by atoms with Crippen LogP contribution in [0.15, 0.2) is 0 Å². The first-order valence-electron chi connectivity index (χ1n) is 5.22. The van der Waals surface area contributed by atoms with Gasteiger partial charge in [-0.2, -0.15) is 0 Å². The second kappa shape index (κ2) is 5.35. The Morgan fingerprint density at radius 2 is 1.93 bits per heavy atom. The predicted octanol–water partition coefficient (Wildman–Crippen LogP) is 1.96. The van der Waals surface area contributed by atoms with Gasteiger partial charge >= 0.3 is 5.97 Å². The van der Waals surface area contributed by atoms with Crippen molar-refractivity contribution in [3.8, 4) is 0 Å². The molecule has 3 nitrogen and oxygen atoms in total. The number of nitrogens with one attached hydrogen (secondary N) is 1. The molecule has 2 unspecified atom stereocenters. The molecule has 0 heterocycles. The van der Waals surface area contributed by atoms with Gasteiger partial charge in [0.05, 0.1) is 0 Å². The maximum absolute atomic E-state index is 11.7. The lowest BCUT2D eigenvalue weighted by atomic mass is 9.99. The van der Waals surface area contributed by atoms with E-state index in [-0.39, 0.29) is 12.0 Å². The van der Waals surface area contributed by atoms with Gasteiger partial charge in [0.25, 0.3) is 0 Å². The van der Waals surface area contributed by atoms with Crippen molar-refractivity contribution in [1.82, 2.24) is 5.32 Å². The Morgan fingerprint density at radius 1 is 1.43 bits per heavy atom. The first-order valence-corrected chi connectivity index (χ1v) is 5.22. The van der Waals surface area contributed by atoms with Gasteiger partial charge in [-0.3, -0.25) is 4.79 Å². The quantitative estimate of drug-likeness (QED) is 0.707. The molecule has 2 atom stereocenters. The van der Waals surface area contributed by atoms with E-state index in [1.165, 1.54) is 0 Å². The van der Waals surface area contributed by atoms with Gasteiger partial charge in [0, 0.05) is 0 Å². The topological polar surface area (TPSA) is 38.3 Å². The van der Waals surface area contributed by atoms with Crippen molar-refractivity contribution in [2.24, 2.45) is 5.92 Å². The van der Waals surface area contributed by atoms with Crippen LogP contribution in [0.5, 0.6) is 0 Å². The molecule has 0 amide bonds. The number of carbonyl (C=O) groups is 1. The summed E-state index contributed by atoms with van der Waals surface area (Å²) >= 11 is 0. The molecule has 0 radical (unpaired) electrons. The molecule has 84 valence electrons. The normalized spacial score (nSPS) is 16.1. The molecule has 0 spiro atoms. The Hall–Kier alpha value is -0.570. The zero-order chi connectivity index (χ0) is 11.4. The van der Waals surface area contributed by atoms with Crippen molar-refractivity contribution in [2.75, 3.05) is 7.05 Å². The van der Waals surface area contributed by atoms with E-state index in [0.29, 0.717) is 5.92 Å². The lowest BCUT2D eigenvalue weighted by Gasteiger charge is -2.26. The Labute approximate surface area is 87.2 Å². The van der Waals surface area contributed by atoms with Crippen molar-refractivity contribution in [3.05, 3.63) is 0 Å². The summed E-state index contributed by atoms with van der Waals surface area (Å²) < 4.78 is 5.31. The Balaban J connectivity index is 4.33. The van der Waals surface area contributed by atoms with Crippen LogP contribution in [0.2, 0.25) is 0 Å². The number of esters is 1. The van der Waals surface area contributed by atoms with E-state index < -0.39 is 5.60 Å². The maximum atomic E-state index is 11.7. The molecule has 1 N–H and O–H groups in total. The number of hydrogen-bond donors (Lipinski definition) is 1. The summed E-state index contributed by atoms with van der Waals surface area (Å²) in [5, 5.41) is 3.00. The summed E-state index contributed by atoms with van der Waals surface area (Å²) in [4.78, 5) is 11.7. The molecule has 3 heteroatoms. The number of hydrogen-bond acceptors (Lipinski definition) is 3. The molecule has 0 aromatic carbocycles. The molecular formula is C11H23NO2. The lowest BCUT2D eigenvalue weighted by molar-refractivity contribution is -0.158. The van der Waals surface area contributed by atoms with E-state index in [0.717, 1.165) is 6.42 Å². The lowest BCUT2D eigenvalue weighted by Crippen LogP contribution is -2.43. The Bertz CT molecular complexity index is 184. The molecule has 0 rings (SSSR count). The van der Waals surface area contributed by atoms with Crippen molar-refractivity contribution >= 4 is 5.97 Å². The summed E-state index contributed by atoms with van der Waals surface area (Å²) in [5.41, 5.74) is -0.403. The average molecular weight is 201 g/mol. The van der Waals surface area contributed by atoms with Crippen LogP contribution in [-0.2, 0) is 9.53 Å². The van der Waals surface area contributed by atoms with Crippen molar-refractivity contribution < 1.29 is 9.53 Å². The van der Waals surface area contributed by atoms with E-state index in [4.69, 9.17) is 4.74 Å². The average Bonchev–Trinajstić information content (AvgIpc) is 2.01. The number of rotatable bonds is 4. The van der Waals surface area contributed by atoms with Crippen LogP contribution >= 0.6 is 0 Å². The molecule has 0 aliphatic heterocycles. The van der Waals surface area contributed by atoms with E-state index in [9.17, 15) is 4.79 Å². The largest absolute Gasteiger partial charge is 0.459 e. The second-order valence-electron chi connectivity index (χ2n) is 4.69. The van der Waals surface area contributed by atoms with Gasteiger partial charge in [0.2, 0.25) is 0 Å². The van der Waals surface area contributed by atoms with Gasteiger partial charge in [0.15, 0.2) is 0 Å². The predicted molar refractivity (Wildman–Crippen MR) is 58.1 cm³/mol. The third-order valence-electron chi connectivity index (χ3n) is 2.18. The molecule has 14 heavy (non-hydrogen) atoms. The Kier molecular flexibility index (Phi) is 5.13. The highest BCUT2D eigenvalue weighted by Gasteiger charge is 2.27. The summed E-state index contributed by atoms with van der Waals surface area (Å²) in [5.74, 6) is 0.143. The number of carbonyl (C=O) groups excluding carboxylic acids is 1. The van der Waals surface area contributed by atoms with Crippen LogP contribution in [0, 0.1) is 5.92 Å². The first kappa shape index (κ1) is 13.4. The van der Waals surface area contributed by atoms with Gasteiger partial charge in [-0.05, 0) is 33.7 Å². The minimum absolute atomic E-state index is 0.158. The summed E-state index contributed by atoms with van der Waals surface area (Å²) in [6.45, 7) is 9.77. The molecule has 0 saturated carbocycles. The van der Waals surface area contributed by atoms with Crippen molar-refractivity contribution in [2.45, 2.75) is 52.7 Å². The van der Waals surface area contributed by atoms with E-state index in [1.54, 1.807) is 7.05 Å². The molecule has 0 aromatic heterocycles. The van der Waals surface area contributed by atoms with Crippen LogP contribution in [0.4, 0.5) is 0 Å². The summed E-state index contributed by atoms with van der Waals surface area (Å²) in [7, 11) is 1.79. The molecule has 0 aromatic rings. The van der Waals surface area contributed by atoms with Crippen LogP contribution in [0.1, 0.15) is 41.0 Å². The van der Waals surface area contributed by atoms with Crippen LogP contribution in [-0.4, -0.2) is 24.7 Å². The van der Waals surface area contributed by atoms with Crippen LogP contribution in [0.3, 0.4) is 0 Å². The van der Waals surface area contributed by atoms with Gasteiger partial charge in [-0.1, -0.05) is 20.3 Å². The fraction of sp³-hybridized carbons (Fsp3) is 0.909. The van der Waals surface area contributed by atoms with E-state index >= 15 is 0 Å². The van der Waals surface area contributed by atoms with Crippen LogP contribution in [0.25, 0.3) is 0 Å². The summed E-state index contributed by atoms with van der Waals surface area (Å²) in [6.07, 6.45) is 0.963. The number of ether oxygens (including phenoxy) is 1. The first-order chi connectivity index (χ1) is 6.31. The number of likely N-dealkylation sites (N-methyl/N-ethyl adjacent to an activating group) is 1. The third-order valence-corrected chi connectivity index (χ3v) is 2.18. The monoisotopic (exact) mass is 201 g/mol. The van der Waals surface area contributed by atoms with Gasteiger partial charge in [-0.25, -0.2) is 0 Å². The van der Waals surface area contributed by atoms with E-state index in [1.807, 2.05) is 27.7 Å². The standard InChI is InChI=1S/C11H23NO2/c1-7-8(2)9(12-6)10(13)14-11(3,4)5/h8-9,12H,7H2,1-6H3. The van der Waals surface area contributed by atoms with Crippen LogP contribution < -0.4 is 5.32 Å². The SMILES string of the molecule is CCC(C)C(NC)C(=O)OC(C)(C)C. The molecule has 0 aliphatic carbocycles. The highest BCUT2D eigenvalue weighted by atomic mass is 16.6. The smallest absolute Gasteiger partial charge is 0.323 e. The van der Waals surface area contributed by atoms with Gasteiger partial charge < -0.3 is 10.1 Å². The third kappa shape index (κ3) is 4.61. The molecule has 0 fully saturated rings. The highest BCUT2D eigenvalue weighted by molar-refractivity contribution is 5.76.